The van der Waals surface area contributed by atoms with Gasteiger partial charge in [0.05, 0.1) is 13.2 Å². The van der Waals surface area contributed by atoms with Gasteiger partial charge in [-0.15, -0.1) is 6.58 Å². The topological polar surface area (TPSA) is 116 Å². The van der Waals surface area contributed by atoms with Crippen LogP contribution in [0.2, 0.25) is 0 Å². The number of likely N-dealkylation sites (tertiary alicyclic amines) is 1. The number of epoxide rings is 1. The first-order chi connectivity index (χ1) is 18.9. The molecule has 2 saturated carbocycles. The van der Waals surface area contributed by atoms with E-state index in [0.717, 1.165) is 38.5 Å². The molecule has 0 aromatic carbocycles. The monoisotopic (exact) mass is 562 g/mol. The van der Waals surface area contributed by atoms with E-state index in [1.54, 1.807) is 19.9 Å². The molecule has 0 spiro atoms. The third-order valence-corrected chi connectivity index (χ3v) is 8.69. The van der Waals surface area contributed by atoms with Crippen LogP contribution >= 0.6 is 0 Å². The van der Waals surface area contributed by atoms with E-state index < -0.39 is 23.7 Å². The van der Waals surface area contributed by atoms with Crippen LogP contribution in [0, 0.1) is 17.3 Å². The summed E-state index contributed by atoms with van der Waals surface area (Å²) in [5, 5.41) is 2.96. The van der Waals surface area contributed by atoms with E-state index in [4.69, 9.17) is 23.7 Å². The van der Waals surface area contributed by atoms with E-state index in [1.165, 1.54) is 0 Å². The van der Waals surface area contributed by atoms with Crippen LogP contribution in [0.1, 0.15) is 72.6 Å². The molecule has 1 N–H and O–H groups in total. The Hall–Kier alpha value is -2.59. The summed E-state index contributed by atoms with van der Waals surface area (Å²) in [6.45, 7) is 16.4. The summed E-state index contributed by atoms with van der Waals surface area (Å²) in [5.74, 6) is 0.365. The van der Waals surface area contributed by atoms with Gasteiger partial charge >= 0.3 is 18.2 Å². The summed E-state index contributed by atoms with van der Waals surface area (Å²) in [6.07, 6.45) is 6.64. The van der Waals surface area contributed by atoms with Gasteiger partial charge in [-0.3, -0.25) is 0 Å². The number of carbonyl (C=O) groups excluding carboxylic acids is 3. The minimum Gasteiger partial charge on any atom is -0.458 e. The van der Waals surface area contributed by atoms with Crippen molar-refractivity contribution in [1.82, 2.24) is 10.2 Å². The third-order valence-electron chi connectivity index (χ3n) is 8.69. The van der Waals surface area contributed by atoms with Gasteiger partial charge in [-0.25, -0.2) is 14.4 Å². The van der Waals surface area contributed by atoms with Crippen LogP contribution in [0.25, 0.3) is 0 Å². The van der Waals surface area contributed by atoms with Crippen LogP contribution in [0.15, 0.2) is 24.8 Å². The van der Waals surface area contributed by atoms with Crippen molar-refractivity contribution in [3.63, 3.8) is 0 Å². The zero-order valence-corrected chi connectivity index (χ0v) is 24.4. The van der Waals surface area contributed by atoms with Crippen molar-refractivity contribution in [2.24, 2.45) is 17.3 Å². The first-order valence-corrected chi connectivity index (χ1v) is 14.5. The van der Waals surface area contributed by atoms with Gasteiger partial charge < -0.3 is 33.9 Å². The fraction of sp³-hybridized carbons (Fsp3) is 0.767. The lowest BCUT2D eigenvalue weighted by Gasteiger charge is -2.41. The number of hydrogen-bond donors (Lipinski definition) is 1. The lowest BCUT2D eigenvalue weighted by molar-refractivity contribution is -0.141. The number of rotatable bonds is 11. The fourth-order valence-electron chi connectivity index (χ4n) is 6.75. The van der Waals surface area contributed by atoms with Crippen molar-refractivity contribution in [3.8, 4) is 0 Å². The number of fused-ring (bicyclic) bond motifs is 2. The Balaban J connectivity index is 1.19. The first-order valence-electron chi connectivity index (χ1n) is 14.5. The van der Waals surface area contributed by atoms with Crippen molar-refractivity contribution < 1.29 is 38.1 Å². The fourth-order valence-corrected chi connectivity index (χ4v) is 6.75. The molecule has 40 heavy (non-hydrogen) atoms. The SMILES string of the molecule is C=CC1OC1OCC1CCC(COC(=O)N2CC3(C)CC(NC(=O)OC(C)COC(=O)C(=C)C)CC2(C)C3)CC1. The Morgan fingerprint density at radius 3 is 2.40 bits per heavy atom. The molecule has 4 rings (SSSR count). The van der Waals surface area contributed by atoms with Crippen LogP contribution in [-0.2, 0) is 28.5 Å². The quantitative estimate of drug-likeness (QED) is 0.126. The second-order valence-corrected chi connectivity index (χ2v) is 12.9. The Morgan fingerprint density at radius 2 is 1.77 bits per heavy atom. The molecular formula is C30H46N2O8. The maximum absolute atomic E-state index is 13.2. The van der Waals surface area contributed by atoms with Crippen molar-refractivity contribution in [3.05, 3.63) is 24.8 Å². The molecule has 0 aromatic rings. The van der Waals surface area contributed by atoms with E-state index in [0.29, 0.717) is 43.6 Å². The molecule has 10 nitrogen and oxygen atoms in total. The van der Waals surface area contributed by atoms with E-state index in [-0.39, 0.29) is 36.6 Å². The molecule has 0 radical (unpaired) electrons. The molecule has 6 unspecified atom stereocenters. The molecule has 2 heterocycles. The van der Waals surface area contributed by atoms with Gasteiger partial charge in [-0.1, -0.05) is 19.6 Å². The summed E-state index contributed by atoms with van der Waals surface area (Å²) >= 11 is 0. The van der Waals surface area contributed by atoms with Crippen LogP contribution in [0.4, 0.5) is 9.59 Å². The number of esters is 1. The Kier molecular flexibility index (Phi) is 9.50. The van der Waals surface area contributed by atoms with Gasteiger partial charge in [0.15, 0.2) is 6.29 Å². The van der Waals surface area contributed by atoms with E-state index >= 15 is 0 Å². The second kappa shape index (κ2) is 12.5. The zero-order chi connectivity index (χ0) is 29.1. The van der Waals surface area contributed by atoms with Gasteiger partial charge in [0.2, 0.25) is 0 Å². The predicted octanol–water partition coefficient (Wildman–Crippen LogP) is 4.72. The number of nitrogens with one attached hydrogen (secondary N) is 1. The highest BCUT2D eigenvalue weighted by molar-refractivity contribution is 5.86. The summed E-state index contributed by atoms with van der Waals surface area (Å²) in [6, 6.07) is -0.139. The summed E-state index contributed by atoms with van der Waals surface area (Å²) in [7, 11) is 0. The minimum absolute atomic E-state index is 0.0403. The largest absolute Gasteiger partial charge is 0.458 e. The standard InChI is InChI=1S/C30H46N2O8/c1-7-24-26(40-24)37-15-21-8-10-22(11-9-21)16-38-28(35)32-18-29(5)12-23(13-30(32,6)17-29)31-27(34)39-20(4)14-36-25(33)19(2)3/h7,20-24,26H,1-2,8-18H2,3-6H3,(H,31,34). The van der Waals surface area contributed by atoms with Gasteiger partial charge in [0.25, 0.3) is 0 Å². The second-order valence-electron chi connectivity index (χ2n) is 12.9. The lowest BCUT2D eigenvalue weighted by atomic mass is 9.70. The lowest BCUT2D eigenvalue weighted by Crippen LogP contribution is -2.51. The molecule has 10 heteroatoms. The highest BCUT2D eigenvalue weighted by Crippen LogP contribution is 2.51. The molecule has 2 aliphatic heterocycles. The van der Waals surface area contributed by atoms with Gasteiger partial charge in [0, 0.05) is 23.7 Å². The maximum Gasteiger partial charge on any atom is 0.410 e. The number of alkyl carbamates (subject to hydrolysis) is 1. The van der Waals surface area contributed by atoms with Crippen LogP contribution < -0.4 is 5.32 Å². The highest BCUT2D eigenvalue weighted by Gasteiger charge is 2.56. The summed E-state index contributed by atoms with van der Waals surface area (Å²) in [4.78, 5) is 39.2. The average molecular weight is 563 g/mol. The molecule has 6 atom stereocenters. The molecular weight excluding hydrogens is 516 g/mol. The molecule has 4 aliphatic rings. The molecule has 2 saturated heterocycles. The van der Waals surface area contributed by atoms with Crippen LogP contribution in [-0.4, -0.2) is 79.5 Å². The number of ether oxygens (including phenoxy) is 5. The molecule has 2 amide bonds. The number of amides is 2. The van der Waals surface area contributed by atoms with Crippen molar-refractivity contribution in [1.29, 1.82) is 0 Å². The smallest absolute Gasteiger partial charge is 0.410 e. The van der Waals surface area contributed by atoms with E-state index in [2.05, 4.69) is 32.3 Å². The molecule has 2 bridgehead atoms. The van der Waals surface area contributed by atoms with Gasteiger partial charge in [-0.2, -0.15) is 0 Å². The first kappa shape index (κ1) is 30.4. The number of carbonyl (C=O) groups is 3. The number of nitrogens with zero attached hydrogens (tertiary/aromatic N) is 1. The number of hydrogen-bond acceptors (Lipinski definition) is 8. The molecule has 4 fully saturated rings. The molecule has 2 aliphatic carbocycles. The Labute approximate surface area is 237 Å². The predicted molar refractivity (Wildman–Crippen MR) is 147 cm³/mol. The molecule has 224 valence electrons. The summed E-state index contributed by atoms with van der Waals surface area (Å²) < 4.78 is 27.4. The Bertz CT molecular complexity index is 979. The zero-order valence-electron chi connectivity index (χ0n) is 24.4. The third kappa shape index (κ3) is 7.78. The maximum atomic E-state index is 13.2. The van der Waals surface area contributed by atoms with Crippen molar-refractivity contribution >= 4 is 18.2 Å². The normalized spacial score (nSPS) is 35.3. The molecule has 0 aromatic heterocycles. The highest BCUT2D eigenvalue weighted by atomic mass is 16.8. The van der Waals surface area contributed by atoms with E-state index in [9.17, 15) is 14.4 Å². The van der Waals surface area contributed by atoms with Crippen LogP contribution in [0.5, 0.6) is 0 Å². The van der Waals surface area contributed by atoms with Crippen molar-refractivity contribution in [2.75, 3.05) is 26.4 Å². The van der Waals surface area contributed by atoms with Crippen molar-refractivity contribution in [2.45, 2.75) is 103 Å². The van der Waals surface area contributed by atoms with Crippen LogP contribution in [0.3, 0.4) is 0 Å². The van der Waals surface area contributed by atoms with Gasteiger partial charge in [0.1, 0.15) is 18.8 Å². The summed E-state index contributed by atoms with van der Waals surface area (Å²) in [5.41, 5.74) is -0.243. The van der Waals surface area contributed by atoms with Gasteiger partial charge in [-0.05, 0) is 83.0 Å². The van der Waals surface area contributed by atoms with E-state index in [1.807, 2.05) is 4.90 Å². The average Bonchev–Trinajstić information content (AvgIpc) is 3.62. The Morgan fingerprint density at radius 1 is 1.10 bits per heavy atom. The minimum atomic E-state index is -0.597.